The molecule has 0 aromatic heterocycles. The Labute approximate surface area is 101 Å². The quantitative estimate of drug-likeness (QED) is 0.684. The van der Waals surface area contributed by atoms with E-state index in [2.05, 4.69) is 5.32 Å². The number of aliphatic hydroxyl groups is 1. The minimum Gasteiger partial charge on any atom is -0.390 e. The Bertz CT molecular complexity index is 313. The number of carbonyl (C=O) groups excluding carboxylic acids is 2. The molecule has 2 fully saturated rings. The largest absolute Gasteiger partial charge is 0.390 e. The molecule has 2 amide bonds. The predicted molar refractivity (Wildman–Crippen MR) is 62.2 cm³/mol. The van der Waals surface area contributed by atoms with E-state index in [4.69, 9.17) is 0 Å². The Kier molecular flexibility index (Phi) is 3.38. The zero-order chi connectivity index (χ0) is 12.5. The number of amides is 2. The lowest BCUT2D eigenvalue weighted by Gasteiger charge is -2.30. The molecule has 2 N–H and O–H groups in total. The molecule has 17 heavy (non-hydrogen) atoms. The van der Waals surface area contributed by atoms with Gasteiger partial charge in [0.15, 0.2) is 0 Å². The highest BCUT2D eigenvalue weighted by Crippen LogP contribution is 2.29. The molecular formula is C12H20N2O3. The second-order valence-electron chi connectivity index (χ2n) is 5.40. The van der Waals surface area contributed by atoms with Crippen molar-refractivity contribution in [3.05, 3.63) is 0 Å². The Balaban J connectivity index is 2.01. The van der Waals surface area contributed by atoms with Gasteiger partial charge in [-0.2, -0.15) is 0 Å². The fourth-order valence-corrected chi connectivity index (χ4v) is 2.89. The summed E-state index contributed by atoms with van der Waals surface area (Å²) in [6.45, 7) is 2.49. The molecule has 1 aliphatic heterocycles. The van der Waals surface area contributed by atoms with Gasteiger partial charge in [-0.1, -0.05) is 12.8 Å². The summed E-state index contributed by atoms with van der Waals surface area (Å²) in [7, 11) is 0. The summed E-state index contributed by atoms with van der Waals surface area (Å²) in [6, 6.07) is -0.704. The third kappa shape index (κ3) is 2.44. The van der Waals surface area contributed by atoms with E-state index in [-0.39, 0.29) is 11.4 Å². The van der Waals surface area contributed by atoms with Crippen LogP contribution in [0.15, 0.2) is 0 Å². The summed E-state index contributed by atoms with van der Waals surface area (Å²) in [4.78, 5) is 24.3. The van der Waals surface area contributed by atoms with E-state index in [0.29, 0.717) is 19.4 Å². The number of rotatable bonds is 3. The molecule has 2 aliphatic rings. The lowest BCUT2D eigenvalue weighted by molar-refractivity contribution is -0.135. The first-order chi connectivity index (χ1) is 8.06. The molecule has 0 bridgehead atoms. The van der Waals surface area contributed by atoms with Crippen LogP contribution in [0.4, 0.5) is 0 Å². The van der Waals surface area contributed by atoms with Gasteiger partial charge in [-0.15, -0.1) is 0 Å². The Morgan fingerprint density at radius 1 is 1.47 bits per heavy atom. The topological polar surface area (TPSA) is 69.6 Å². The molecule has 1 aliphatic carbocycles. The van der Waals surface area contributed by atoms with E-state index < -0.39 is 12.1 Å². The molecule has 0 spiro atoms. The average molecular weight is 240 g/mol. The van der Waals surface area contributed by atoms with Crippen LogP contribution < -0.4 is 5.32 Å². The van der Waals surface area contributed by atoms with Gasteiger partial charge in [-0.25, -0.2) is 0 Å². The molecular weight excluding hydrogens is 220 g/mol. The van der Waals surface area contributed by atoms with E-state index in [0.717, 1.165) is 25.7 Å². The summed E-state index contributed by atoms with van der Waals surface area (Å²) in [5.74, 6) is -0.216. The normalized spacial score (nSPS) is 31.5. The van der Waals surface area contributed by atoms with Gasteiger partial charge in [-0.3, -0.25) is 9.59 Å². The number of nitrogens with zero attached hydrogens (tertiary/aromatic N) is 1. The molecule has 0 radical (unpaired) electrons. The third-order valence-corrected chi connectivity index (χ3v) is 3.94. The maximum absolute atomic E-state index is 12.1. The van der Waals surface area contributed by atoms with Gasteiger partial charge in [0.25, 0.3) is 0 Å². The van der Waals surface area contributed by atoms with E-state index in [9.17, 15) is 14.7 Å². The number of hydrogen-bond donors (Lipinski definition) is 2. The standard InChI is InChI=1S/C12H20N2O3/c1-12(5-2-3-6-12)13-11(17)10-9(16)4-7-14(10)8-15/h8-10,16H,2-7H2,1H3,(H,13,17). The third-order valence-electron chi connectivity index (χ3n) is 3.94. The SMILES string of the molecule is CC1(NC(=O)C2C(O)CCN2C=O)CCCC1. The van der Waals surface area contributed by atoms with Crippen LogP contribution in [-0.2, 0) is 9.59 Å². The average Bonchev–Trinajstić information content (AvgIpc) is 2.84. The number of aliphatic hydroxyl groups excluding tert-OH is 1. The lowest BCUT2D eigenvalue weighted by atomic mass is 9.99. The van der Waals surface area contributed by atoms with Crippen LogP contribution >= 0.6 is 0 Å². The first-order valence-corrected chi connectivity index (χ1v) is 6.27. The van der Waals surface area contributed by atoms with Crippen LogP contribution in [-0.4, -0.2) is 46.6 Å². The van der Waals surface area contributed by atoms with E-state index in [1.807, 2.05) is 6.92 Å². The van der Waals surface area contributed by atoms with Crippen molar-refractivity contribution in [1.82, 2.24) is 10.2 Å². The second kappa shape index (κ2) is 4.64. The summed E-state index contributed by atoms with van der Waals surface area (Å²) in [5, 5.41) is 12.7. The van der Waals surface area contributed by atoms with Gasteiger partial charge in [-0.05, 0) is 26.2 Å². The highest BCUT2D eigenvalue weighted by atomic mass is 16.3. The Hall–Kier alpha value is -1.10. The highest BCUT2D eigenvalue weighted by Gasteiger charge is 2.40. The fraction of sp³-hybridized carbons (Fsp3) is 0.833. The van der Waals surface area contributed by atoms with Crippen molar-refractivity contribution >= 4 is 12.3 Å². The van der Waals surface area contributed by atoms with Gasteiger partial charge >= 0.3 is 0 Å². The van der Waals surface area contributed by atoms with Crippen LogP contribution in [0.3, 0.4) is 0 Å². The second-order valence-corrected chi connectivity index (χ2v) is 5.40. The maximum Gasteiger partial charge on any atom is 0.245 e. The van der Waals surface area contributed by atoms with E-state index in [1.54, 1.807) is 0 Å². The van der Waals surface area contributed by atoms with Crippen molar-refractivity contribution in [3.8, 4) is 0 Å². The molecule has 96 valence electrons. The zero-order valence-corrected chi connectivity index (χ0v) is 10.2. The van der Waals surface area contributed by atoms with Crippen molar-refractivity contribution in [2.75, 3.05) is 6.54 Å². The van der Waals surface area contributed by atoms with Gasteiger partial charge in [0, 0.05) is 12.1 Å². The van der Waals surface area contributed by atoms with Crippen LogP contribution in [0.5, 0.6) is 0 Å². The number of hydrogen-bond acceptors (Lipinski definition) is 3. The summed E-state index contributed by atoms with van der Waals surface area (Å²) < 4.78 is 0. The number of carbonyl (C=O) groups is 2. The minimum atomic E-state index is -0.731. The van der Waals surface area contributed by atoms with Crippen molar-refractivity contribution < 1.29 is 14.7 Å². The zero-order valence-electron chi connectivity index (χ0n) is 10.2. The molecule has 1 saturated carbocycles. The van der Waals surface area contributed by atoms with Crippen molar-refractivity contribution in [2.45, 2.75) is 56.7 Å². The van der Waals surface area contributed by atoms with E-state index in [1.165, 1.54) is 4.90 Å². The lowest BCUT2D eigenvalue weighted by Crippen LogP contribution is -2.54. The molecule has 2 unspecified atom stereocenters. The first kappa shape index (κ1) is 12.4. The number of likely N-dealkylation sites (tertiary alicyclic amines) is 1. The first-order valence-electron chi connectivity index (χ1n) is 6.27. The fourth-order valence-electron chi connectivity index (χ4n) is 2.89. The van der Waals surface area contributed by atoms with E-state index >= 15 is 0 Å². The van der Waals surface area contributed by atoms with Gasteiger partial charge in [0.05, 0.1) is 6.10 Å². The summed E-state index contributed by atoms with van der Waals surface area (Å²) in [5.41, 5.74) is -0.159. The Morgan fingerprint density at radius 3 is 2.71 bits per heavy atom. The molecule has 5 heteroatoms. The van der Waals surface area contributed by atoms with Crippen LogP contribution in [0.2, 0.25) is 0 Å². The molecule has 2 atom stereocenters. The van der Waals surface area contributed by atoms with Gasteiger partial charge in [0.2, 0.25) is 12.3 Å². The van der Waals surface area contributed by atoms with Crippen LogP contribution in [0.25, 0.3) is 0 Å². The summed E-state index contributed by atoms with van der Waals surface area (Å²) in [6.07, 6.45) is 4.60. The molecule has 1 saturated heterocycles. The smallest absolute Gasteiger partial charge is 0.245 e. The van der Waals surface area contributed by atoms with Gasteiger partial charge < -0.3 is 15.3 Å². The van der Waals surface area contributed by atoms with Crippen molar-refractivity contribution in [2.24, 2.45) is 0 Å². The minimum absolute atomic E-state index is 0.159. The molecule has 1 heterocycles. The molecule has 5 nitrogen and oxygen atoms in total. The highest BCUT2D eigenvalue weighted by molar-refractivity contribution is 5.85. The molecule has 0 aromatic rings. The monoisotopic (exact) mass is 240 g/mol. The van der Waals surface area contributed by atoms with Crippen LogP contribution in [0.1, 0.15) is 39.0 Å². The van der Waals surface area contributed by atoms with Crippen molar-refractivity contribution in [1.29, 1.82) is 0 Å². The maximum atomic E-state index is 12.1. The number of nitrogens with one attached hydrogen (secondary N) is 1. The summed E-state index contributed by atoms with van der Waals surface area (Å²) >= 11 is 0. The Morgan fingerprint density at radius 2 is 2.12 bits per heavy atom. The molecule has 2 rings (SSSR count). The molecule has 0 aromatic carbocycles. The van der Waals surface area contributed by atoms with Crippen molar-refractivity contribution in [3.63, 3.8) is 0 Å². The predicted octanol–water partition coefficient (Wildman–Crippen LogP) is 0.0269. The van der Waals surface area contributed by atoms with Crippen LogP contribution in [0, 0.1) is 0 Å². The van der Waals surface area contributed by atoms with Gasteiger partial charge in [0.1, 0.15) is 6.04 Å².